The molecule has 3 aromatic rings. The average Bonchev–Trinajstić information content (AvgIpc) is 3.28. The minimum Gasteiger partial charge on any atom is -0.444 e. The lowest BCUT2D eigenvalue weighted by molar-refractivity contribution is 0.0527. The number of rotatable bonds is 8. The first-order chi connectivity index (χ1) is 19.5. The van der Waals surface area contributed by atoms with E-state index in [9.17, 15) is 20.4 Å². The van der Waals surface area contributed by atoms with Crippen molar-refractivity contribution in [2.24, 2.45) is 0 Å². The molecule has 4 N–H and O–H groups in total. The van der Waals surface area contributed by atoms with Crippen molar-refractivity contribution < 1.29 is 14.6 Å². The molecule has 1 aromatic heterocycles. The van der Waals surface area contributed by atoms with E-state index in [1.807, 2.05) is 46.8 Å². The molecule has 0 unspecified atom stereocenters. The van der Waals surface area contributed by atoms with Crippen LogP contribution in [-0.4, -0.2) is 46.5 Å². The van der Waals surface area contributed by atoms with E-state index in [-0.39, 0.29) is 6.61 Å². The summed E-state index contributed by atoms with van der Waals surface area (Å²) in [6, 6.07) is 13.8. The maximum absolute atomic E-state index is 11.9. The summed E-state index contributed by atoms with van der Waals surface area (Å²) in [5.41, 5.74) is 5.49. The molecule has 2 aromatic carbocycles. The minimum atomic E-state index is -0.555. The van der Waals surface area contributed by atoms with Crippen LogP contribution < -0.4 is 16.0 Å². The maximum Gasteiger partial charge on any atom is 0.407 e. The van der Waals surface area contributed by atoms with Gasteiger partial charge in [0.1, 0.15) is 11.7 Å². The molecule has 0 saturated carbocycles. The van der Waals surface area contributed by atoms with Crippen LogP contribution in [-0.2, 0) is 16.6 Å². The number of aliphatic hydroxyl groups is 1. The fraction of sp³-hybridized carbons (Fsp3) is 0.387. The predicted octanol–water partition coefficient (Wildman–Crippen LogP) is 5.07. The van der Waals surface area contributed by atoms with Gasteiger partial charge in [0.25, 0.3) is 0 Å². The zero-order valence-corrected chi connectivity index (χ0v) is 24.1. The summed E-state index contributed by atoms with van der Waals surface area (Å²) >= 11 is 0. The van der Waals surface area contributed by atoms with Gasteiger partial charge in [-0.3, -0.25) is 0 Å². The van der Waals surface area contributed by atoms with Crippen LogP contribution in [0.5, 0.6) is 0 Å². The van der Waals surface area contributed by atoms with Gasteiger partial charge in [0.2, 0.25) is 5.95 Å². The molecule has 1 amide bonds. The summed E-state index contributed by atoms with van der Waals surface area (Å²) in [5.74, 6) is 0.353. The van der Waals surface area contributed by atoms with Crippen molar-refractivity contribution in [2.45, 2.75) is 58.5 Å². The van der Waals surface area contributed by atoms with Crippen molar-refractivity contribution in [1.82, 2.24) is 15.3 Å². The Kier molecular flexibility index (Phi) is 8.46. The summed E-state index contributed by atoms with van der Waals surface area (Å²) in [6.07, 6.45) is 2.45. The quantitative estimate of drug-likeness (QED) is 0.280. The molecule has 1 aliphatic rings. The zero-order chi connectivity index (χ0) is 29.8. The Labute approximate surface area is 240 Å². The smallest absolute Gasteiger partial charge is 0.407 e. The van der Waals surface area contributed by atoms with Gasteiger partial charge in [-0.2, -0.15) is 10.5 Å². The fourth-order valence-electron chi connectivity index (χ4n) is 4.76. The van der Waals surface area contributed by atoms with E-state index >= 15 is 0 Å². The minimum absolute atomic E-state index is 0.0470. The average molecular weight is 554 g/mol. The highest BCUT2D eigenvalue weighted by molar-refractivity contribution is 5.76. The number of nitrogens with zero attached hydrogens (tertiary/aromatic N) is 4. The maximum atomic E-state index is 11.9. The molecule has 10 heteroatoms. The van der Waals surface area contributed by atoms with Crippen molar-refractivity contribution in [2.75, 3.05) is 30.3 Å². The second-order valence-electron chi connectivity index (χ2n) is 11.5. The molecular weight excluding hydrogens is 518 g/mol. The number of benzene rings is 2. The zero-order valence-electron chi connectivity index (χ0n) is 24.1. The molecular formula is C31H35N7O3. The van der Waals surface area contributed by atoms with Crippen molar-refractivity contribution in [3.63, 3.8) is 0 Å². The third kappa shape index (κ3) is 6.74. The van der Waals surface area contributed by atoms with Gasteiger partial charge in [0.15, 0.2) is 0 Å². The molecule has 4 rings (SSSR count). The lowest BCUT2D eigenvalue weighted by Gasteiger charge is -2.21. The van der Waals surface area contributed by atoms with E-state index in [1.165, 1.54) is 0 Å². The SMILES string of the molecule is Cc1cc(CCCNC(=O)OC(C)(C)C)c(C#N)cc1Nc1nccc(-c2cc(C#N)c3c(c2)[C@@](C)(CO)CN3)n1. The van der Waals surface area contributed by atoms with E-state index in [0.29, 0.717) is 54.4 Å². The van der Waals surface area contributed by atoms with Gasteiger partial charge < -0.3 is 25.8 Å². The highest BCUT2D eigenvalue weighted by Crippen LogP contribution is 2.41. The summed E-state index contributed by atoms with van der Waals surface area (Å²) in [4.78, 5) is 20.9. The van der Waals surface area contributed by atoms with Crippen molar-refractivity contribution in [3.8, 4) is 23.4 Å². The predicted molar refractivity (Wildman–Crippen MR) is 157 cm³/mol. The van der Waals surface area contributed by atoms with Gasteiger partial charge in [-0.1, -0.05) is 13.0 Å². The van der Waals surface area contributed by atoms with Gasteiger partial charge >= 0.3 is 6.09 Å². The third-order valence-corrected chi connectivity index (χ3v) is 6.97. The number of aliphatic hydroxyl groups excluding tert-OH is 1. The van der Waals surface area contributed by atoms with Crippen LogP contribution >= 0.6 is 0 Å². The highest BCUT2D eigenvalue weighted by atomic mass is 16.6. The molecule has 0 aliphatic carbocycles. The molecule has 2 heterocycles. The van der Waals surface area contributed by atoms with E-state index in [0.717, 1.165) is 27.9 Å². The van der Waals surface area contributed by atoms with Crippen LogP contribution in [0, 0.1) is 29.6 Å². The Morgan fingerprint density at radius 2 is 1.95 bits per heavy atom. The number of anilines is 3. The molecule has 1 atom stereocenters. The van der Waals surface area contributed by atoms with Gasteiger partial charge in [0.05, 0.1) is 35.2 Å². The Morgan fingerprint density at radius 3 is 2.63 bits per heavy atom. The normalized spacial score (nSPS) is 15.7. The number of aryl methyl sites for hydroxylation is 2. The van der Waals surface area contributed by atoms with Gasteiger partial charge in [0, 0.05) is 36.0 Å². The number of hydrogen-bond acceptors (Lipinski definition) is 9. The van der Waals surface area contributed by atoms with E-state index in [1.54, 1.807) is 24.4 Å². The molecule has 0 fully saturated rings. The molecule has 0 spiro atoms. The monoisotopic (exact) mass is 553 g/mol. The van der Waals surface area contributed by atoms with Crippen LogP contribution in [0.15, 0.2) is 36.5 Å². The number of amides is 1. The molecule has 212 valence electrons. The topological polar surface area (TPSA) is 156 Å². The summed E-state index contributed by atoms with van der Waals surface area (Å²) in [7, 11) is 0. The number of carbonyl (C=O) groups is 1. The van der Waals surface area contributed by atoms with Crippen molar-refractivity contribution >= 4 is 23.4 Å². The molecule has 10 nitrogen and oxygen atoms in total. The van der Waals surface area contributed by atoms with Gasteiger partial charge in [-0.25, -0.2) is 14.8 Å². The Hall–Kier alpha value is -4.67. The number of nitriles is 2. The van der Waals surface area contributed by atoms with Crippen LogP contribution in [0.25, 0.3) is 11.3 Å². The molecule has 0 radical (unpaired) electrons. The second kappa shape index (κ2) is 11.8. The largest absolute Gasteiger partial charge is 0.444 e. The standard InChI is InChI=1S/C31H35N7O3/c1-19-11-20(7-6-9-35-29(40)41-30(2,3)4)22(15-32)14-26(19)38-28-34-10-8-25(37-28)21-12-23(16-33)27-24(13-21)31(5,18-39)17-36-27/h8,10-14,36,39H,6-7,9,17-18H2,1-5H3,(H,35,40)(H,34,37,38)/t31-/m1/s1. The second-order valence-corrected chi connectivity index (χ2v) is 11.5. The van der Waals surface area contributed by atoms with Crippen LogP contribution in [0.4, 0.5) is 22.1 Å². The first-order valence-corrected chi connectivity index (χ1v) is 13.5. The fourth-order valence-corrected chi connectivity index (χ4v) is 4.76. The summed E-state index contributed by atoms with van der Waals surface area (Å²) in [5, 5.41) is 38.8. The third-order valence-electron chi connectivity index (χ3n) is 6.97. The number of aromatic nitrogens is 2. The van der Waals surface area contributed by atoms with Gasteiger partial charge in [-0.05, 0) is 81.5 Å². The number of hydrogen-bond donors (Lipinski definition) is 4. The number of carbonyl (C=O) groups excluding carboxylic acids is 1. The van der Waals surface area contributed by atoms with Crippen LogP contribution in [0.3, 0.4) is 0 Å². The molecule has 0 bridgehead atoms. The summed E-state index contributed by atoms with van der Waals surface area (Å²) in [6.45, 7) is 10.3. The van der Waals surface area contributed by atoms with Crippen molar-refractivity contribution in [1.29, 1.82) is 10.5 Å². The van der Waals surface area contributed by atoms with E-state index in [4.69, 9.17) is 4.74 Å². The highest BCUT2D eigenvalue weighted by Gasteiger charge is 2.36. The summed E-state index contributed by atoms with van der Waals surface area (Å²) < 4.78 is 5.26. The van der Waals surface area contributed by atoms with Crippen molar-refractivity contribution in [3.05, 3.63) is 64.3 Å². The van der Waals surface area contributed by atoms with E-state index in [2.05, 4.69) is 38.1 Å². The van der Waals surface area contributed by atoms with Crippen LogP contribution in [0.2, 0.25) is 0 Å². The van der Waals surface area contributed by atoms with Gasteiger partial charge in [-0.15, -0.1) is 0 Å². The number of fused-ring (bicyclic) bond motifs is 1. The first-order valence-electron chi connectivity index (χ1n) is 13.5. The Balaban J connectivity index is 1.51. The first kappa shape index (κ1) is 29.3. The van der Waals surface area contributed by atoms with Crippen LogP contribution in [0.1, 0.15) is 61.9 Å². The molecule has 1 aliphatic heterocycles. The number of nitrogens with one attached hydrogen (secondary N) is 3. The van der Waals surface area contributed by atoms with E-state index < -0.39 is 17.1 Å². The number of ether oxygens (including phenoxy) is 1. The Bertz CT molecular complexity index is 1550. The lowest BCUT2D eigenvalue weighted by Crippen LogP contribution is -2.33. The Morgan fingerprint density at radius 1 is 1.20 bits per heavy atom. The lowest BCUT2D eigenvalue weighted by atomic mass is 9.83. The molecule has 0 saturated heterocycles. The molecule has 41 heavy (non-hydrogen) atoms. The number of alkyl carbamates (subject to hydrolysis) is 1.